The molecule has 0 fully saturated rings. The Balaban J connectivity index is 1.80. The molecule has 0 saturated heterocycles. The number of H-pyrrole nitrogens is 1. The highest BCUT2D eigenvalue weighted by atomic mass is 16.1. The van der Waals surface area contributed by atoms with Crippen LogP contribution in [0, 0.1) is 0 Å². The summed E-state index contributed by atoms with van der Waals surface area (Å²) < 4.78 is 0. The van der Waals surface area contributed by atoms with Crippen molar-refractivity contribution in [1.82, 2.24) is 20.5 Å². The number of rotatable bonds is 5. The summed E-state index contributed by atoms with van der Waals surface area (Å²) in [5, 5.41) is 9.35. The van der Waals surface area contributed by atoms with Gasteiger partial charge in [0.1, 0.15) is 12.2 Å². The number of benzene rings is 1. The van der Waals surface area contributed by atoms with Gasteiger partial charge in [-0.2, -0.15) is 5.10 Å². The minimum atomic E-state index is -0.165. The zero-order chi connectivity index (χ0) is 13.7. The van der Waals surface area contributed by atoms with E-state index in [1.807, 2.05) is 31.2 Å². The van der Waals surface area contributed by atoms with Gasteiger partial charge in [-0.25, -0.2) is 4.98 Å². The zero-order valence-electron chi connectivity index (χ0n) is 10.8. The summed E-state index contributed by atoms with van der Waals surface area (Å²) in [4.78, 5) is 15.8. The number of nitrogens with two attached hydrogens (primary N) is 1. The van der Waals surface area contributed by atoms with Gasteiger partial charge in [-0.15, -0.1) is 0 Å². The molecule has 1 amide bonds. The van der Waals surface area contributed by atoms with E-state index in [4.69, 9.17) is 5.73 Å². The number of anilines is 1. The van der Waals surface area contributed by atoms with Crippen LogP contribution in [-0.4, -0.2) is 21.1 Å². The van der Waals surface area contributed by atoms with Gasteiger partial charge in [0, 0.05) is 12.1 Å². The molecule has 6 nitrogen and oxygen atoms in total. The van der Waals surface area contributed by atoms with E-state index in [1.165, 1.54) is 6.33 Å². The molecule has 6 heteroatoms. The first-order chi connectivity index (χ1) is 9.15. The highest BCUT2D eigenvalue weighted by Crippen LogP contribution is 2.09. The van der Waals surface area contributed by atoms with E-state index in [-0.39, 0.29) is 11.9 Å². The fourth-order valence-electron chi connectivity index (χ4n) is 1.75. The van der Waals surface area contributed by atoms with Crippen LogP contribution in [0.1, 0.15) is 30.8 Å². The fraction of sp³-hybridized carbons (Fsp3) is 0.308. The predicted octanol–water partition coefficient (Wildman–Crippen LogP) is 1.20. The highest BCUT2D eigenvalue weighted by Gasteiger charge is 2.11. The minimum Gasteiger partial charge on any atom is -0.399 e. The summed E-state index contributed by atoms with van der Waals surface area (Å²) in [7, 11) is 0. The molecule has 0 radical (unpaired) electrons. The lowest BCUT2D eigenvalue weighted by Crippen LogP contribution is -2.27. The molecule has 0 aliphatic carbocycles. The number of hydrogen-bond acceptors (Lipinski definition) is 4. The Hall–Kier alpha value is -2.37. The van der Waals surface area contributed by atoms with Gasteiger partial charge < -0.3 is 11.1 Å². The topological polar surface area (TPSA) is 96.7 Å². The van der Waals surface area contributed by atoms with Crippen LogP contribution < -0.4 is 11.1 Å². The molecule has 2 rings (SSSR count). The number of aromatic nitrogens is 3. The standard InChI is InChI=1S/C13H17N5O/c1-9(13-15-8-16-18-13)17-12(19)7-4-10-2-5-11(14)6-3-10/h2-3,5-6,8-9H,4,7,14H2,1H3,(H,17,19)(H,15,16,18). The van der Waals surface area contributed by atoms with Crippen molar-refractivity contribution in [2.75, 3.05) is 5.73 Å². The summed E-state index contributed by atoms with van der Waals surface area (Å²) in [6.07, 6.45) is 2.55. The molecule has 1 aromatic carbocycles. The molecule has 1 aromatic heterocycles. The van der Waals surface area contributed by atoms with Crippen LogP contribution in [0.5, 0.6) is 0 Å². The lowest BCUT2D eigenvalue weighted by Gasteiger charge is -2.10. The Labute approximate surface area is 111 Å². The van der Waals surface area contributed by atoms with E-state index >= 15 is 0 Å². The van der Waals surface area contributed by atoms with Crippen LogP contribution in [0.4, 0.5) is 5.69 Å². The van der Waals surface area contributed by atoms with E-state index < -0.39 is 0 Å². The summed E-state index contributed by atoms with van der Waals surface area (Å²) in [6.45, 7) is 1.86. The average Bonchev–Trinajstić information content (AvgIpc) is 2.92. The summed E-state index contributed by atoms with van der Waals surface area (Å²) in [5.41, 5.74) is 7.43. The predicted molar refractivity (Wildman–Crippen MR) is 72.1 cm³/mol. The molecule has 0 spiro atoms. The van der Waals surface area contributed by atoms with Crippen molar-refractivity contribution in [1.29, 1.82) is 0 Å². The number of nitrogens with zero attached hydrogens (tertiary/aromatic N) is 2. The lowest BCUT2D eigenvalue weighted by atomic mass is 10.1. The third-order valence-corrected chi connectivity index (χ3v) is 2.84. The first-order valence-corrected chi connectivity index (χ1v) is 6.14. The second-order valence-electron chi connectivity index (χ2n) is 4.40. The Bertz CT molecular complexity index is 520. The Morgan fingerprint density at radius 2 is 2.16 bits per heavy atom. The smallest absolute Gasteiger partial charge is 0.220 e. The molecule has 0 aliphatic rings. The van der Waals surface area contributed by atoms with Gasteiger partial charge in [-0.05, 0) is 31.0 Å². The molecule has 19 heavy (non-hydrogen) atoms. The van der Waals surface area contributed by atoms with E-state index in [9.17, 15) is 4.79 Å². The molecule has 100 valence electrons. The van der Waals surface area contributed by atoms with Gasteiger partial charge in [-0.1, -0.05) is 12.1 Å². The molecular formula is C13H17N5O. The molecule has 1 heterocycles. The van der Waals surface area contributed by atoms with E-state index in [1.54, 1.807) is 0 Å². The fourth-order valence-corrected chi connectivity index (χ4v) is 1.75. The third-order valence-electron chi connectivity index (χ3n) is 2.84. The van der Waals surface area contributed by atoms with Crippen molar-refractivity contribution in [3.8, 4) is 0 Å². The monoisotopic (exact) mass is 259 g/mol. The number of aryl methyl sites for hydroxylation is 1. The van der Waals surface area contributed by atoms with Gasteiger partial charge in [0.15, 0.2) is 0 Å². The molecule has 4 N–H and O–H groups in total. The number of carbonyl (C=O) groups is 1. The second kappa shape index (κ2) is 5.99. The maximum Gasteiger partial charge on any atom is 0.220 e. The van der Waals surface area contributed by atoms with E-state index in [0.717, 1.165) is 11.3 Å². The van der Waals surface area contributed by atoms with Crippen LogP contribution >= 0.6 is 0 Å². The molecule has 1 unspecified atom stereocenters. The van der Waals surface area contributed by atoms with E-state index in [0.29, 0.717) is 18.7 Å². The van der Waals surface area contributed by atoms with Crippen LogP contribution in [0.25, 0.3) is 0 Å². The Morgan fingerprint density at radius 1 is 1.42 bits per heavy atom. The van der Waals surface area contributed by atoms with Crippen LogP contribution in [0.3, 0.4) is 0 Å². The second-order valence-corrected chi connectivity index (χ2v) is 4.40. The Kier molecular flexibility index (Phi) is 4.12. The summed E-state index contributed by atoms with van der Waals surface area (Å²) in [5.74, 6) is 0.640. The molecule has 0 aliphatic heterocycles. The lowest BCUT2D eigenvalue weighted by molar-refractivity contribution is -0.121. The maximum absolute atomic E-state index is 11.8. The molecular weight excluding hydrogens is 242 g/mol. The SMILES string of the molecule is CC(NC(=O)CCc1ccc(N)cc1)c1ncn[nH]1. The van der Waals surface area contributed by atoms with Gasteiger partial charge in [-0.3, -0.25) is 9.89 Å². The number of carbonyl (C=O) groups excluding carboxylic acids is 1. The first-order valence-electron chi connectivity index (χ1n) is 6.14. The zero-order valence-corrected chi connectivity index (χ0v) is 10.8. The van der Waals surface area contributed by atoms with Gasteiger partial charge in [0.25, 0.3) is 0 Å². The van der Waals surface area contributed by atoms with Gasteiger partial charge in [0.2, 0.25) is 5.91 Å². The summed E-state index contributed by atoms with van der Waals surface area (Å²) in [6, 6.07) is 7.38. The van der Waals surface area contributed by atoms with Crippen molar-refractivity contribution < 1.29 is 4.79 Å². The molecule has 2 aromatic rings. The van der Waals surface area contributed by atoms with Crippen molar-refractivity contribution in [2.24, 2.45) is 0 Å². The van der Waals surface area contributed by atoms with E-state index in [2.05, 4.69) is 20.5 Å². The number of amides is 1. The van der Waals surface area contributed by atoms with Crippen LogP contribution in [0.15, 0.2) is 30.6 Å². The van der Waals surface area contributed by atoms with Crippen molar-refractivity contribution >= 4 is 11.6 Å². The largest absolute Gasteiger partial charge is 0.399 e. The summed E-state index contributed by atoms with van der Waals surface area (Å²) >= 11 is 0. The molecule has 0 bridgehead atoms. The van der Waals surface area contributed by atoms with Crippen molar-refractivity contribution in [3.63, 3.8) is 0 Å². The van der Waals surface area contributed by atoms with Crippen LogP contribution in [0.2, 0.25) is 0 Å². The molecule has 0 saturated carbocycles. The number of nitrogen functional groups attached to an aromatic ring is 1. The first kappa shape index (κ1) is 13.1. The highest BCUT2D eigenvalue weighted by molar-refractivity contribution is 5.76. The Morgan fingerprint density at radius 3 is 2.79 bits per heavy atom. The minimum absolute atomic E-state index is 0.0132. The van der Waals surface area contributed by atoms with Crippen molar-refractivity contribution in [3.05, 3.63) is 42.0 Å². The van der Waals surface area contributed by atoms with Crippen LogP contribution in [-0.2, 0) is 11.2 Å². The third kappa shape index (κ3) is 3.80. The maximum atomic E-state index is 11.8. The van der Waals surface area contributed by atoms with Crippen molar-refractivity contribution in [2.45, 2.75) is 25.8 Å². The normalized spacial score (nSPS) is 12.1. The quantitative estimate of drug-likeness (QED) is 0.703. The average molecular weight is 259 g/mol. The van der Waals surface area contributed by atoms with Gasteiger partial charge >= 0.3 is 0 Å². The number of nitrogens with one attached hydrogen (secondary N) is 2. The van der Waals surface area contributed by atoms with Gasteiger partial charge in [0.05, 0.1) is 6.04 Å². The number of hydrogen-bond donors (Lipinski definition) is 3. The molecule has 1 atom stereocenters. The number of aromatic amines is 1.